The third kappa shape index (κ3) is 3.41. The predicted octanol–water partition coefficient (Wildman–Crippen LogP) is 4.28. The summed E-state index contributed by atoms with van der Waals surface area (Å²) in [6.07, 6.45) is 0. The van der Waals surface area contributed by atoms with Gasteiger partial charge >= 0.3 is 0 Å². The molecular formula is C15H13BrFNO. The van der Waals surface area contributed by atoms with Gasteiger partial charge in [-0.2, -0.15) is 0 Å². The highest BCUT2D eigenvalue weighted by atomic mass is 79.9. The molecule has 0 aliphatic rings. The van der Waals surface area contributed by atoms with Crippen LogP contribution in [0.4, 0.5) is 10.1 Å². The largest absolute Gasteiger partial charge is 0.322 e. The Bertz CT molecular complexity index is 596. The molecule has 0 bridgehead atoms. The van der Waals surface area contributed by atoms with Gasteiger partial charge in [0.05, 0.1) is 0 Å². The molecule has 1 amide bonds. The maximum atomic E-state index is 13.0. The van der Waals surface area contributed by atoms with E-state index in [1.54, 1.807) is 6.92 Å². The number of benzene rings is 2. The van der Waals surface area contributed by atoms with Gasteiger partial charge in [-0.1, -0.05) is 28.1 Å². The number of nitrogens with one attached hydrogen (secondary N) is 1. The highest BCUT2D eigenvalue weighted by Crippen LogP contribution is 2.15. The molecule has 0 saturated carbocycles. The lowest BCUT2D eigenvalue weighted by molar-refractivity contribution is 0.102. The van der Waals surface area contributed by atoms with Crippen LogP contribution >= 0.6 is 15.9 Å². The SMILES string of the molecule is Cc1cc(F)ccc1C(=O)Nc1ccc(CBr)cc1. The van der Waals surface area contributed by atoms with E-state index in [1.165, 1.54) is 18.2 Å². The molecule has 0 aromatic heterocycles. The number of rotatable bonds is 3. The lowest BCUT2D eigenvalue weighted by Crippen LogP contribution is -2.13. The maximum Gasteiger partial charge on any atom is 0.255 e. The summed E-state index contributed by atoms with van der Waals surface area (Å²) in [4.78, 5) is 12.1. The minimum atomic E-state index is -0.337. The summed E-state index contributed by atoms with van der Waals surface area (Å²) in [5.74, 6) is -0.570. The molecule has 2 nitrogen and oxygen atoms in total. The molecule has 4 heteroatoms. The monoisotopic (exact) mass is 321 g/mol. The van der Waals surface area contributed by atoms with E-state index in [1.807, 2.05) is 24.3 Å². The molecular weight excluding hydrogens is 309 g/mol. The Kier molecular flexibility index (Phi) is 4.32. The van der Waals surface area contributed by atoms with Crippen LogP contribution in [0.1, 0.15) is 21.5 Å². The van der Waals surface area contributed by atoms with E-state index in [2.05, 4.69) is 21.2 Å². The van der Waals surface area contributed by atoms with Crippen molar-refractivity contribution in [1.82, 2.24) is 0 Å². The third-order valence-electron chi connectivity index (χ3n) is 2.80. The number of alkyl halides is 1. The minimum absolute atomic E-state index is 0.232. The van der Waals surface area contributed by atoms with Crippen LogP contribution in [0.2, 0.25) is 0 Å². The van der Waals surface area contributed by atoms with E-state index in [4.69, 9.17) is 0 Å². The summed E-state index contributed by atoms with van der Waals surface area (Å²) < 4.78 is 13.0. The topological polar surface area (TPSA) is 29.1 Å². The zero-order valence-corrected chi connectivity index (χ0v) is 12.0. The van der Waals surface area contributed by atoms with Gasteiger partial charge in [-0.3, -0.25) is 4.79 Å². The summed E-state index contributed by atoms with van der Waals surface area (Å²) in [6.45, 7) is 1.71. The molecule has 0 unspecified atom stereocenters. The van der Waals surface area contributed by atoms with E-state index in [-0.39, 0.29) is 11.7 Å². The normalized spacial score (nSPS) is 10.3. The molecule has 0 aliphatic carbocycles. The molecule has 98 valence electrons. The first-order chi connectivity index (χ1) is 9.10. The quantitative estimate of drug-likeness (QED) is 0.840. The molecule has 0 fully saturated rings. The highest BCUT2D eigenvalue weighted by molar-refractivity contribution is 9.08. The summed E-state index contributed by atoms with van der Waals surface area (Å²) >= 11 is 3.36. The van der Waals surface area contributed by atoms with Crippen LogP contribution in [0.3, 0.4) is 0 Å². The smallest absolute Gasteiger partial charge is 0.255 e. The molecule has 0 saturated heterocycles. The van der Waals surface area contributed by atoms with Crippen LogP contribution in [0.5, 0.6) is 0 Å². The first kappa shape index (κ1) is 13.7. The fourth-order valence-electron chi connectivity index (χ4n) is 1.76. The summed E-state index contributed by atoms with van der Waals surface area (Å²) in [7, 11) is 0. The van der Waals surface area contributed by atoms with Crippen LogP contribution in [0.15, 0.2) is 42.5 Å². The lowest BCUT2D eigenvalue weighted by atomic mass is 10.1. The van der Waals surface area contributed by atoms with E-state index in [0.717, 1.165) is 16.6 Å². The van der Waals surface area contributed by atoms with Gasteiger partial charge in [-0.15, -0.1) is 0 Å². The fraction of sp³-hybridized carbons (Fsp3) is 0.133. The van der Waals surface area contributed by atoms with Crippen molar-refractivity contribution >= 4 is 27.5 Å². The zero-order valence-electron chi connectivity index (χ0n) is 10.4. The number of hydrogen-bond donors (Lipinski definition) is 1. The van der Waals surface area contributed by atoms with Gasteiger partial charge < -0.3 is 5.32 Å². The van der Waals surface area contributed by atoms with Crippen molar-refractivity contribution in [3.8, 4) is 0 Å². The van der Waals surface area contributed by atoms with Crippen molar-refractivity contribution in [2.75, 3.05) is 5.32 Å². The fourth-order valence-corrected chi connectivity index (χ4v) is 2.13. The molecule has 0 spiro atoms. The van der Waals surface area contributed by atoms with Crippen molar-refractivity contribution < 1.29 is 9.18 Å². The molecule has 0 atom stereocenters. The van der Waals surface area contributed by atoms with Crippen molar-refractivity contribution in [1.29, 1.82) is 0 Å². The number of amides is 1. The molecule has 0 aliphatic heterocycles. The van der Waals surface area contributed by atoms with Crippen molar-refractivity contribution in [3.63, 3.8) is 0 Å². The number of carbonyl (C=O) groups excluding carboxylic acids is 1. The van der Waals surface area contributed by atoms with Gasteiger partial charge in [0.25, 0.3) is 5.91 Å². The van der Waals surface area contributed by atoms with Crippen LogP contribution < -0.4 is 5.32 Å². The van der Waals surface area contributed by atoms with E-state index in [9.17, 15) is 9.18 Å². The average molecular weight is 322 g/mol. The van der Waals surface area contributed by atoms with Crippen molar-refractivity contribution in [2.45, 2.75) is 12.3 Å². The predicted molar refractivity (Wildman–Crippen MR) is 78.2 cm³/mol. The van der Waals surface area contributed by atoms with Crippen LogP contribution in [-0.4, -0.2) is 5.91 Å². The van der Waals surface area contributed by atoms with Crippen molar-refractivity contribution in [2.24, 2.45) is 0 Å². The summed E-state index contributed by atoms with van der Waals surface area (Å²) in [5, 5.41) is 3.57. The maximum absolute atomic E-state index is 13.0. The Balaban J connectivity index is 2.15. The minimum Gasteiger partial charge on any atom is -0.322 e. The molecule has 0 radical (unpaired) electrons. The van der Waals surface area contributed by atoms with E-state index >= 15 is 0 Å². The Hall–Kier alpha value is -1.68. The summed E-state index contributed by atoms with van der Waals surface area (Å²) in [5.41, 5.74) is 2.95. The average Bonchev–Trinajstić information content (AvgIpc) is 2.39. The zero-order chi connectivity index (χ0) is 13.8. The third-order valence-corrected chi connectivity index (χ3v) is 3.45. The molecule has 1 N–H and O–H groups in total. The number of halogens is 2. The second kappa shape index (κ2) is 5.97. The van der Waals surface area contributed by atoms with Crippen LogP contribution in [-0.2, 0) is 5.33 Å². The van der Waals surface area contributed by atoms with Gasteiger partial charge in [0.2, 0.25) is 0 Å². The van der Waals surface area contributed by atoms with Crippen molar-refractivity contribution in [3.05, 3.63) is 65.0 Å². The number of hydrogen-bond acceptors (Lipinski definition) is 1. The van der Waals surface area contributed by atoms with E-state index < -0.39 is 0 Å². The second-order valence-electron chi connectivity index (χ2n) is 4.24. The lowest BCUT2D eigenvalue weighted by Gasteiger charge is -2.08. The Morgan fingerprint density at radius 2 is 1.89 bits per heavy atom. The number of aryl methyl sites for hydroxylation is 1. The number of anilines is 1. The Labute approximate surface area is 119 Å². The van der Waals surface area contributed by atoms with Crippen LogP contribution in [0, 0.1) is 12.7 Å². The molecule has 2 aromatic carbocycles. The van der Waals surface area contributed by atoms with Gasteiger partial charge in [-0.25, -0.2) is 4.39 Å². The Morgan fingerprint density at radius 1 is 1.21 bits per heavy atom. The first-order valence-electron chi connectivity index (χ1n) is 5.82. The van der Waals surface area contributed by atoms with Gasteiger partial charge in [-0.05, 0) is 48.4 Å². The standard InChI is InChI=1S/C15H13BrFNO/c1-10-8-12(17)4-7-14(10)15(19)18-13-5-2-11(9-16)3-6-13/h2-8H,9H2,1H3,(H,18,19). The van der Waals surface area contributed by atoms with Gasteiger partial charge in [0.1, 0.15) is 5.82 Å². The molecule has 19 heavy (non-hydrogen) atoms. The summed E-state index contributed by atoms with van der Waals surface area (Å²) in [6, 6.07) is 11.7. The van der Waals surface area contributed by atoms with Gasteiger partial charge in [0.15, 0.2) is 0 Å². The van der Waals surface area contributed by atoms with E-state index in [0.29, 0.717) is 11.1 Å². The molecule has 2 rings (SSSR count). The van der Waals surface area contributed by atoms with Crippen LogP contribution in [0.25, 0.3) is 0 Å². The first-order valence-corrected chi connectivity index (χ1v) is 6.94. The molecule has 0 heterocycles. The number of carbonyl (C=O) groups is 1. The highest BCUT2D eigenvalue weighted by Gasteiger charge is 2.09. The second-order valence-corrected chi connectivity index (χ2v) is 4.80. The molecule has 2 aromatic rings. The Morgan fingerprint density at radius 3 is 2.47 bits per heavy atom. The van der Waals surface area contributed by atoms with Gasteiger partial charge in [0, 0.05) is 16.6 Å².